The molecule has 0 aliphatic heterocycles. The van der Waals surface area contributed by atoms with E-state index in [-0.39, 0.29) is 6.10 Å². The molecule has 1 heterocycles. The van der Waals surface area contributed by atoms with Crippen LogP contribution >= 0.6 is 0 Å². The van der Waals surface area contributed by atoms with Crippen LogP contribution in [0, 0.1) is 0 Å². The van der Waals surface area contributed by atoms with Gasteiger partial charge in [0.05, 0.1) is 0 Å². The van der Waals surface area contributed by atoms with E-state index in [2.05, 4.69) is 9.97 Å². The molecule has 1 N–H and O–H groups in total. The molecule has 0 fully saturated rings. The number of aromatic amines is 1. The molecule has 1 unspecified atom stereocenters. The molecule has 0 aliphatic carbocycles. The highest BCUT2D eigenvalue weighted by Crippen LogP contribution is 2.09. The van der Waals surface area contributed by atoms with Crippen LogP contribution in [0.1, 0.15) is 25.8 Å². The summed E-state index contributed by atoms with van der Waals surface area (Å²) in [5.74, 6) is 0.891. The van der Waals surface area contributed by atoms with E-state index in [9.17, 15) is 0 Å². The first kappa shape index (κ1) is 7.28. The summed E-state index contributed by atoms with van der Waals surface area (Å²) in [5.41, 5.74) is 0. The van der Waals surface area contributed by atoms with E-state index >= 15 is 0 Å². The number of nitrogens with zero attached hydrogens (tertiary/aromatic N) is 1. The molecule has 56 valence electrons. The second kappa shape index (κ2) is 3.37. The second-order valence-corrected chi connectivity index (χ2v) is 2.07. The number of nitrogens with one attached hydrogen (secondary N) is 1. The van der Waals surface area contributed by atoms with Gasteiger partial charge in [-0.3, -0.25) is 0 Å². The predicted molar refractivity (Wildman–Crippen MR) is 38.6 cm³/mol. The van der Waals surface area contributed by atoms with Gasteiger partial charge in [0.2, 0.25) is 0 Å². The van der Waals surface area contributed by atoms with Crippen molar-refractivity contribution in [1.82, 2.24) is 9.97 Å². The highest BCUT2D eigenvalue weighted by Gasteiger charge is 2.04. The maximum absolute atomic E-state index is 5.29. The minimum absolute atomic E-state index is 0.0833. The Bertz CT molecular complexity index is 172. The standard InChI is InChI=1S/C7H12N2O/c1-3-10-6(2)7-8-4-5-9-7/h4-6H,3H2,1-2H3,(H,8,9). The average molecular weight is 140 g/mol. The summed E-state index contributed by atoms with van der Waals surface area (Å²) in [6.45, 7) is 4.67. The lowest BCUT2D eigenvalue weighted by molar-refractivity contribution is 0.0707. The molecule has 1 atom stereocenters. The van der Waals surface area contributed by atoms with Gasteiger partial charge < -0.3 is 9.72 Å². The normalized spacial score (nSPS) is 13.4. The van der Waals surface area contributed by atoms with Crippen molar-refractivity contribution in [2.45, 2.75) is 20.0 Å². The molecule has 0 saturated carbocycles. The topological polar surface area (TPSA) is 37.9 Å². The smallest absolute Gasteiger partial charge is 0.134 e. The molecule has 0 spiro atoms. The molecule has 1 rings (SSSR count). The van der Waals surface area contributed by atoms with Crippen LogP contribution < -0.4 is 0 Å². The molecule has 0 amide bonds. The summed E-state index contributed by atoms with van der Waals surface area (Å²) in [5, 5.41) is 0. The molecule has 3 heteroatoms. The summed E-state index contributed by atoms with van der Waals surface area (Å²) < 4.78 is 5.29. The molecule has 0 aliphatic rings. The van der Waals surface area contributed by atoms with Crippen molar-refractivity contribution < 1.29 is 4.74 Å². The first-order chi connectivity index (χ1) is 4.84. The van der Waals surface area contributed by atoms with Crippen LogP contribution in [0.15, 0.2) is 12.4 Å². The van der Waals surface area contributed by atoms with E-state index < -0.39 is 0 Å². The quantitative estimate of drug-likeness (QED) is 0.691. The Hall–Kier alpha value is -0.830. The van der Waals surface area contributed by atoms with Crippen LogP contribution in [0.2, 0.25) is 0 Å². The van der Waals surface area contributed by atoms with E-state index in [1.165, 1.54) is 0 Å². The van der Waals surface area contributed by atoms with Gasteiger partial charge in [0.15, 0.2) is 0 Å². The van der Waals surface area contributed by atoms with Crippen molar-refractivity contribution in [2.24, 2.45) is 0 Å². The molecular formula is C7H12N2O. The Morgan fingerprint density at radius 1 is 1.80 bits per heavy atom. The van der Waals surface area contributed by atoms with Crippen LogP contribution in [-0.4, -0.2) is 16.6 Å². The van der Waals surface area contributed by atoms with Gasteiger partial charge in [-0.25, -0.2) is 4.98 Å². The molecule has 0 aromatic carbocycles. The summed E-state index contributed by atoms with van der Waals surface area (Å²) in [6.07, 6.45) is 3.61. The van der Waals surface area contributed by atoms with E-state index in [1.54, 1.807) is 12.4 Å². The lowest BCUT2D eigenvalue weighted by Gasteiger charge is -2.06. The van der Waals surface area contributed by atoms with Gasteiger partial charge in [-0.2, -0.15) is 0 Å². The maximum atomic E-state index is 5.29. The van der Waals surface area contributed by atoms with Crippen molar-refractivity contribution in [1.29, 1.82) is 0 Å². The zero-order valence-corrected chi connectivity index (χ0v) is 6.29. The summed E-state index contributed by atoms with van der Waals surface area (Å²) in [6, 6.07) is 0. The molecule has 0 bridgehead atoms. The van der Waals surface area contributed by atoms with E-state index in [4.69, 9.17) is 4.74 Å². The Labute approximate surface area is 60.4 Å². The monoisotopic (exact) mass is 140 g/mol. The molecule has 1 aromatic rings. The van der Waals surface area contributed by atoms with E-state index in [0.717, 1.165) is 12.4 Å². The Morgan fingerprint density at radius 2 is 2.60 bits per heavy atom. The third-order valence-electron chi connectivity index (χ3n) is 1.32. The highest BCUT2D eigenvalue weighted by molar-refractivity contribution is 4.90. The molecule has 3 nitrogen and oxygen atoms in total. The van der Waals surface area contributed by atoms with Gasteiger partial charge >= 0.3 is 0 Å². The Kier molecular flexibility index (Phi) is 2.45. The Balaban J connectivity index is 2.50. The van der Waals surface area contributed by atoms with Crippen LogP contribution in [0.4, 0.5) is 0 Å². The van der Waals surface area contributed by atoms with E-state index in [1.807, 2.05) is 13.8 Å². The number of imidazole rings is 1. The first-order valence-corrected chi connectivity index (χ1v) is 3.45. The second-order valence-electron chi connectivity index (χ2n) is 2.07. The third-order valence-corrected chi connectivity index (χ3v) is 1.32. The fourth-order valence-corrected chi connectivity index (χ4v) is 0.829. The summed E-state index contributed by atoms with van der Waals surface area (Å²) in [4.78, 5) is 7.04. The number of hydrogen-bond donors (Lipinski definition) is 1. The van der Waals surface area contributed by atoms with Gasteiger partial charge in [0.1, 0.15) is 11.9 Å². The summed E-state index contributed by atoms with van der Waals surface area (Å²) >= 11 is 0. The number of rotatable bonds is 3. The lowest BCUT2D eigenvalue weighted by atomic mass is 10.4. The number of ether oxygens (including phenoxy) is 1. The summed E-state index contributed by atoms with van der Waals surface area (Å²) in [7, 11) is 0. The predicted octanol–water partition coefficient (Wildman–Crippen LogP) is 1.51. The molecule has 10 heavy (non-hydrogen) atoms. The first-order valence-electron chi connectivity index (χ1n) is 3.45. The van der Waals surface area contributed by atoms with Crippen molar-refractivity contribution in [3.05, 3.63) is 18.2 Å². The van der Waals surface area contributed by atoms with Crippen LogP contribution in [-0.2, 0) is 4.74 Å². The third kappa shape index (κ3) is 1.57. The fraction of sp³-hybridized carbons (Fsp3) is 0.571. The van der Waals surface area contributed by atoms with Gasteiger partial charge in [-0.1, -0.05) is 0 Å². The SMILES string of the molecule is CCOC(C)c1ncc[nH]1. The zero-order valence-electron chi connectivity index (χ0n) is 6.29. The van der Waals surface area contributed by atoms with E-state index in [0.29, 0.717) is 0 Å². The fourth-order valence-electron chi connectivity index (χ4n) is 0.829. The lowest BCUT2D eigenvalue weighted by Crippen LogP contribution is -2.00. The molecule has 0 radical (unpaired) electrons. The molecular weight excluding hydrogens is 128 g/mol. The number of hydrogen-bond acceptors (Lipinski definition) is 2. The highest BCUT2D eigenvalue weighted by atomic mass is 16.5. The number of H-pyrrole nitrogens is 1. The minimum Gasteiger partial charge on any atom is -0.371 e. The van der Waals surface area contributed by atoms with Crippen LogP contribution in [0.5, 0.6) is 0 Å². The average Bonchev–Trinajstić information content (AvgIpc) is 2.38. The minimum atomic E-state index is 0.0833. The molecule has 0 saturated heterocycles. The van der Waals surface area contributed by atoms with Crippen LogP contribution in [0.3, 0.4) is 0 Å². The van der Waals surface area contributed by atoms with Gasteiger partial charge in [0, 0.05) is 19.0 Å². The van der Waals surface area contributed by atoms with Gasteiger partial charge in [0.25, 0.3) is 0 Å². The largest absolute Gasteiger partial charge is 0.371 e. The van der Waals surface area contributed by atoms with Gasteiger partial charge in [-0.15, -0.1) is 0 Å². The van der Waals surface area contributed by atoms with Crippen molar-refractivity contribution >= 4 is 0 Å². The van der Waals surface area contributed by atoms with Crippen molar-refractivity contribution in [3.8, 4) is 0 Å². The van der Waals surface area contributed by atoms with Crippen molar-refractivity contribution in [2.75, 3.05) is 6.61 Å². The van der Waals surface area contributed by atoms with Gasteiger partial charge in [-0.05, 0) is 13.8 Å². The Morgan fingerprint density at radius 3 is 3.10 bits per heavy atom. The molecule has 1 aromatic heterocycles. The zero-order chi connectivity index (χ0) is 7.40. The van der Waals surface area contributed by atoms with Crippen LogP contribution in [0.25, 0.3) is 0 Å². The van der Waals surface area contributed by atoms with Crippen molar-refractivity contribution in [3.63, 3.8) is 0 Å². The number of aromatic nitrogens is 2. The maximum Gasteiger partial charge on any atom is 0.134 e.